The largest absolute Gasteiger partial charge is 0.497 e. The summed E-state index contributed by atoms with van der Waals surface area (Å²) in [6.45, 7) is 8.39. The lowest BCUT2D eigenvalue weighted by molar-refractivity contribution is -0.0308. The van der Waals surface area contributed by atoms with Crippen molar-refractivity contribution in [2.75, 3.05) is 13.7 Å². The number of aliphatic hydroxyl groups excluding tert-OH is 1. The molecular weight excluding hydrogens is 264 g/mol. The standard InChI is InChI=1S/C18H26O3/c1-5-6-7-14(2)18(15(3)12-19)21-13-16-8-10-17(20-4)11-9-16/h5-11,14-15,18-19H,1,12-13H2,2-4H3/b7-6-/t14-,15-,18-/m0/s1. The van der Waals surface area contributed by atoms with Crippen LogP contribution >= 0.6 is 0 Å². The minimum atomic E-state index is -0.0340. The highest BCUT2D eigenvalue weighted by molar-refractivity contribution is 5.26. The summed E-state index contributed by atoms with van der Waals surface area (Å²) in [5, 5.41) is 9.40. The first kappa shape index (κ1) is 17.5. The smallest absolute Gasteiger partial charge is 0.118 e. The molecule has 0 aliphatic carbocycles. The van der Waals surface area contributed by atoms with Gasteiger partial charge in [0.15, 0.2) is 0 Å². The Hall–Kier alpha value is -1.58. The third-order valence-electron chi connectivity index (χ3n) is 3.52. The third kappa shape index (κ3) is 5.74. The molecule has 1 N–H and O–H groups in total. The van der Waals surface area contributed by atoms with Crippen LogP contribution in [-0.2, 0) is 11.3 Å². The number of hydrogen-bond donors (Lipinski definition) is 1. The van der Waals surface area contributed by atoms with Crippen LogP contribution in [0.15, 0.2) is 49.1 Å². The Morgan fingerprint density at radius 1 is 1.24 bits per heavy atom. The van der Waals surface area contributed by atoms with Crippen LogP contribution in [0.2, 0.25) is 0 Å². The van der Waals surface area contributed by atoms with Crippen molar-refractivity contribution in [1.82, 2.24) is 0 Å². The Morgan fingerprint density at radius 2 is 1.90 bits per heavy atom. The fourth-order valence-electron chi connectivity index (χ4n) is 2.22. The average Bonchev–Trinajstić information content (AvgIpc) is 2.53. The minimum absolute atomic E-state index is 0.0340. The zero-order valence-corrected chi connectivity index (χ0v) is 13.2. The first-order chi connectivity index (χ1) is 10.1. The van der Waals surface area contributed by atoms with Crippen LogP contribution in [0.3, 0.4) is 0 Å². The summed E-state index contributed by atoms with van der Waals surface area (Å²) in [5.41, 5.74) is 1.09. The fourth-order valence-corrected chi connectivity index (χ4v) is 2.22. The Morgan fingerprint density at radius 3 is 2.43 bits per heavy atom. The summed E-state index contributed by atoms with van der Waals surface area (Å²) < 4.78 is 11.2. The normalized spacial score (nSPS) is 15.6. The third-order valence-corrected chi connectivity index (χ3v) is 3.52. The van der Waals surface area contributed by atoms with E-state index in [0.717, 1.165) is 11.3 Å². The molecular formula is C18H26O3. The van der Waals surface area contributed by atoms with E-state index in [9.17, 15) is 5.11 Å². The van der Waals surface area contributed by atoms with Crippen molar-refractivity contribution >= 4 is 0 Å². The van der Waals surface area contributed by atoms with Crippen LogP contribution in [0.5, 0.6) is 5.75 Å². The second kappa shape index (κ2) is 9.37. The molecule has 0 saturated carbocycles. The SMILES string of the molecule is C=C/C=C\[C@H](C)[C@H](OCc1ccc(OC)cc1)[C@@H](C)CO. The van der Waals surface area contributed by atoms with Gasteiger partial charge in [-0.25, -0.2) is 0 Å². The number of ether oxygens (including phenoxy) is 2. The van der Waals surface area contributed by atoms with Gasteiger partial charge in [-0.05, 0) is 17.7 Å². The van der Waals surface area contributed by atoms with Crippen LogP contribution in [0.1, 0.15) is 19.4 Å². The second-order valence-electron chi connectivity index (χ2n) is 5.26. The lowest BCUT2D eigenvalue weighted by Gasteiger charge is -2.27. The van der Waals surface area contributed by atoms with Crippen molar-refractivity contribution in [3.63, 3.8) is 0 Å². The van der Waals surface area contributed by atoms with Crippen molar-refractivity contribution < 1.29 is 14.6 Å². The molecule has 0 aliphatic rings. The van der Waals surface area contributed by atoms with Crippen molar-refractivity contribution in [2.24, 2.45) is 11.8 Å². The highest BCUT2D eigenvalue weighted by Crippen LogP contribution is 2.21. The van der Waals surface area contributed by atoms with Gasteiger partial charge in [-0.3, -0.25) is 0 Å². The van der Waals surface area contributed by atoms with Gasteiger partial charge in [-0.1, -0.05) is 50.8 Å². The van der Waals surface area contributed by atoms with Crippen molar-refractivity contribution in [3.8, 4) is 5.75 Å². The van der Waals surface area contributed by atoms with Crippen LogP contribution in [0, 0.1) is 11.8 Å². The predicted octanol–water partition coefficient (Wildman–Crippen LogP) is 3.59. The molecule has 0 amide bonds. The van der Waals surface area contributed by atoms with Crippen LogP contribution in [-0.4, -0.2) is 24.9 Å². The van der Waals surface area contributed by atoms with Crippen LogP contribution in [0.4, 0.5) is 0 Å². The monoisotopic (exact) mass is 290 g/mol. The summed E-state index contributed by atoms with van der Waals surface area (Å²) in [5.74, 6) is 1.12. The van der Waals surface area contributed by atoms with Gasteiger partial charge in [0.05, 0.1) is 19.8 Å². The van der Waals surface area contributed by atoms with E-state index in [2.05, 4.69) is 19.6 Å². The maximum atomic E-state index is 9.40. The molecule has 1 aromatic carbocycles. The van der Waals surface area contributed by atoms with E-state index in [-0.39, 0.29) is 24.5 Å². The number of aliphatic hydroxyl groups is 1. The van der Waals surface area contributed by atoms with Gasteiger partial charge in [-0.2, -0.15) is 0 Å². The van der Waals surface area contributed by atoms with Gasteiger partial charge in [0.1, 0.15) is 5.75 Å². The molecule has 0 radical (unpaired) electrons. The number of benzene rings is 1. The Kier molecular flexibility index (Phi) is 7.80. The highest BCUT2D eigenvalue weighted by Gasteiger charge is 2.22. The van der Waals surface area contributed by atoms with Crippen molar-refractivity contribution in [3.05, 3.63) is 54.6 Å². The molecule has 0 fully saturated rings. The molecule has 0 aromatic heterocycles. The molecule has 0 spiro atoms. The van der Waals surface area contributed by atoms with E-state index in [0.29, 0.717) is 6.61 Å². The summed E-state index contributed by atoms with van der Waals surface area (Å²) in [7, 11) is 1.65. The van der Waals surface area contributed by atoms with E-state index in [4.69, 9.17) is 9.47 Å². The van der Waals surface area contributed by atoms with E-state index in [1.54, 1.807) is 13.2 Å². The molecule has 3 atom stereocenters. The molecule has 0 aliphatic heterocycles. The Balaban J connectivity index is 2.67. The molecule has 1 aromatic rings. The number of methoxy groups -OCH3 is 1. The second-order valence-corrected chi connectivity index (χ2v) is 5.26. The maximum absolute atomic E-state index is 9.40. The number of hydrogen-bond acceptors (Lipinski definition) is 3. The molecule has 21 heavy (non-hydrogen) atoms. The van der Waals surface area contributed by atoms with Crippen LogP contribution in [0.25, 0.3) is 0 Å². The van der Waals surface area contributed by atoms with E-state index < -0.39 is 0 Å². The number of allylic oxidation sites excluding steroid dienone is 2. The quantitative estimate of drug-likeness (QED) is 0.706. The highest BCUT2D eigenvalue weighted by atomic mass is 16.5. The maximum Gasteiger partial charge on any atom is 0.118 e. The van der Waals surface area contributed by atoms with Gasteiger partial charge in [0.25, 0.3) is 0 Å². The van der Waals surface area contributed by atoms with Gasteiger partial charge in [0.2, 0.25) is 0 Å². The van der Waals surface area contributed by atoms with E-state index in [1.807, 2.05) is 37.3 Å². The molecule has 116 valence electrons. The van der Waals surface area contributed by atoms with Gasteiger partial charge in [-0.15, -0.1) is 0 Å². The minimum Gasteiger partial charge on any atom is -0.497 e. The van der Waals surface area contributed by atoms with Crippen molar-refractivity contribution in [2.45, 2.75) is 26.6 Å². The summed E-state index contributed by atoms with van der Waals surface area (Å²) in [6, 6.07) is 7.82. The fraction of sp³-hybridized carbons (Fsp3) is 0.444. The van der Waals surface area contributed by atoms with Crippen LogP contribution < -0.4 is 4.74 Å². The summed E-state index contributed by atoms with van der Waals surface area (Å²) >= 11 is 0. The van der Waals surface area contributed by atoms with Crippen molar-refractivity contribution in [1.29, 1.82) is 0 Å². The lowest BCUT2D eigenvalue weighted by atomic mass is 9.93. The molecule has 3 nitrogen and oxygen atoms in total. The number of rotatable bonds is 9. The lowest BCUT2D eigenvalue weighted by Crippen LogP contribution is -2.30. The average molecular weight is 290 g/mol. The molecule has 0 saturated heterocycles. The summed E-state index contributed by atoms with van der Waals surface area (Å²) in [6.07, 6.45) is 5.69. The molecule has 1 rings (SSSR count). The topological polar surface area (TPSA) is 38.7 Å². The molecule has 0 bridgehead atoms. The Bertz CT molecular complexity index is 436. The van der Waals surface area contributed by atoms with Gasteiger partial charge < -0.3 is 14.6 Å². The molecule has 3 heteroatoms. The van der Waals surface area contributed by atoms with Gasteiger partial charge in [0, 0.05) is 18.4 Å². The van der Waals surface area contributed by atoms with E-state index >= 15 is 0 Å². The Labute approximate surface area is 127 Å². The first-order valence-electron chi connectivity index (χ1n) is 7.27. The molecule has 0 unspecified atom stereocenters. The zero-order chi connectivity index (χ0) is 15.7. The van der Waals surface area contributed by atoms with Gasteiger partial charge >= 0.3 is 0 Å². The summed E-state index contributed by atoms with van der Waals surface area (Å²) in [4.78, 5) is 0. The molecule has 0 heterocycles. The van der Waals surface area contributed by atoms with E-state index in [1.165, 1.54) is 0 Å². The first-order valence-corrected chi connectivity index (χ1v) is 7.27. The zero-order valence-electron chi connectivity index (χ0n) is 13.2. The predicted molar refractivity (Wildman–Crippen MR) is 86.3 cm³/mol.